The monoisotopic (exact) mass is 390 g/mol. The van der Waals surface area contributed by atoms with Crippen LogP contribution in [0.25, 0.3) is 0 Å². The van der Waals surface area contributed by atoms with E-state index in [0.717, 1.165) is 42.4 Å². The van der Waals surface area contributed by atoms with E-state index in [9.17, 15) is 4.79 Å². The van der Waals surface area contributed by atoms with Gasteiger partial charge in [-0.25, -0.2) is 0 Å². The van der Waals surface area contributed by atoms with Crippen LogP contribution in [0.2, 0.25) is 0 Å². The van der Waals surface area contributed by atoms with Gasteiger partial charge in [0.05, 0.1) is 19.5 Å². The van der Waals surface area contributed by atoms with Crippen molar-refractivity contribution in [1.82, 2.24) is 20.1 Å². The van der Waals surface area contributed by atoms with Crippen molar-refractivity contribution >= 4 is 17.7 Å². The second-order valence-electron chi connectivity index (χ2n) is 6.53. The summed E-state index contributed by atoms with van der Waals surface area (Å²) in [6.45, 7) is 3.26. The predicted molar refractivity (Wildman–Crippen MR) is 104 cm³/mol. The average Bonchev–Trinajstić information content (AvgIpc) is 2.91. The van der Waals surface area contributed by atoms with Crippen molar-refractivity contribution in [2.75, 3.05) is 14.2 Å². The number of rotatable bonds is 7. The molecule has 1 amide bonds. The lowest BCUT2D eigenvalue weighted by Gasteiger charge is -2.14. The van der Waals surface area contributed by atoms with Gasteiger partial charge in [-0.1, -0.05) is 24.2 Å². The molecular weight excluding hydrogens is 364 g/mol. The lowest BCUT2D eigenvalue weighted by Crippen LogP contribution is -2.30. The fourth-order valence-electron chi connectivity index (χ4n) is 3.08. The maximum Gasteiger partial charge on any atom is 0.233 e. The smallest absolute Gasteiger partial charge is 0.233 e. The number of nitrogens with one attached hydrogen (secondary N) is 1. The summed E-state index contributed by atoms with van der Waals surface area (Å²) in [4.78, 5) is 12.5. The highest BCUT2D eigenvalue weighted by molar-refractivity contribution is 8.00. The standard InChI is InChI=1S/C19H26N4O3S/c1-13(27-19-22-21-17-7-5-4-6-10-23(17)19)18(24)20-12-14-8-9-15(25-2)16(11-14)26-3/h8-9,11,13H,4-7,10,12H2,1-3H3,(H,20,24). The lowest BCUT2D eigenvalue weighted by molar-refractivity contribution is -0.120. The van der Waals surface area contributed by atoms with Gasteiger partial charge in [0.25, 0.3) is 0 Å². The van der Waals surface area contributed by atoms with Gasteiger partial charge in [0, 0.05) is 19.5 Å². The van der Waals surface area contributed by atoms with Crippen molar-refractivity contribution in [3.05, 3.63) is 29.6 Å². The summed E-state index contributed by atoms with van der Waals surface area (Å²) in [6, 6.07) is 5.62. The first-order chi connectivity index (χ1) is 13.1. The number of carbonyl (C=O) groups is 1. The molecule has 0 aliphatic carbocycles. The van der Waals surface area contributed by atoms with E-state index in [1.165, 1.54) is 18.2 Å². The normalized spacial score (nSPS) is 14.8. The van der Waals surface area contributed by atoms with Crippen LogP contribution in [0.3, 0.4) is 0 Å². The number of hydrogen-bond donors (Lipinski definition) is 1. The van der Waals surface area contributed by atoms with Crippen molar-refractivity contribution < 1.29 is 14.3 Å². The zero-order chi connectivity index (χ0) is 19.2. The number of carbonyl (C=O) groups excluding carboxylic acids is 1. The summed E-state index contributed by atoms with van der Waals surface area (Å²) < 4.78 is 12.7. The van der Waals surface area contributed by atoms with Crippen molar-refractivity contribution in [3.63, 3.8) is 0 Å². The molecule has 0 fully saturated rings. The number of ether oxygens (including phenoxy) is 2. The van der Waals surface area contributed by atoms with Gasteiger partial charge in [0.2, 0.25) is 5.91 Å². The maximum absolute atomic E-state index is 12.5. The molecule has 27 heavy (non-hydrogen) atoms. The van der Waals surface area contributed by atoms with Gasteiger partial charge < -0.3 is 19.4 Å². The molecule has 1 unspecified atom stereocenters. The number of hydrogen-bond acceptors (Lipinski definition) is 6. The highest BCUT2D eigenvalue weighted by Crippen LogP contribution is 2.28. The Balaban J connectivity index is 1.58. The third kappa shape index (κ3) is 4.74. The zero-order valence-corrected chi connectivity index (χ0v) is 16.8. The van der Waals surface area contributed by atoms with Gasteiger partial charge in [-0.15, -0.1) is 10.2 Å². The molecule has 3 rings (SSSR count). The molecule has 0 bridgehead atoms. The molecule has 146 valence electrons. The Labute approximate surface area is 163 Å². The van der Waals surface area contributed by atoms with Crippen LogP contribution in [0.5, 0.6) is 11.5 Å². The Hall–Kier alpha value is -2.22. The van der Waals surface area contributed by atoms with Crippen molar-refractivity contribution in [2.45, 2.75) is 56.1 Å². The van der Waals surface area contributed by atoms with E-state index in [1.54, 1.807) is 14.2 Å². The molecule has 2 aromatic rings. The van der Waals surface area contributed by atoms with E-state index >= 15 is 0 Å². The fraction of sp³-hybridized carbons (Fsp3) is 0.526. The number of benzene rings is 1. The van der Waals surface area contributed by atoms with Crippen LogP contribution < -0.4 is 14.8 Å². The minimum atomic E-state index is -0.248. The van der Waals surface area contributed by atoms with Crippen molar-refractivity contribution in [1.29, 1.82) is 0 Å². The second-order valence-corrected chi connectivity index (χ2v) is 7.84. The highest BCUT2D eigenvalue weighted by atomic mass is 32.2. The number of fused-ring (bicyclic) bond motifs is 1. The molecule has 7 nitrogen and oxygen atoms in total. The Kier molecular flexibility index (Phi) is 6.60. The van der Waals surface area contributed by atoms with Gasteiger partial charge in [-0.2, -0.15) is 0 Å². The van der Waals surface area contributed by atoms with E-state index in [1.807, 2.05) is 25.1 Å². The molecule has 2 heterocycles. The average molecular weight is 391 g/mol. The number of methoxy groups -OCH3 is 2. The number of nitrogens with zero attached hydrogens (tertiary/aromatic N) is 3. The fourth-order valence-corrected chi connectivity index (χ4v) is 4.00. The predicted octanol–water partition coefficient (Wildman–Crippen LogP) is 2.82. The zero-order valence-electron chi connectivity index (χ0n) is 16.0. The van der Waals surface area contributed by atoms with Gasteiger partial charge in [-0.05, 0) is 37.5 Å². The minimum absolute atomic E-state index is 0.0271. The summed E-state index contributed by atoms with van der Waals surface area (Å²) in [5.41, 5.74) is 0.953. The van der Waals surface area contributed by atoms with Crippen LogP contribution in [0, 0.1) is 0 Å². The molecular formula is C19H26N4O3S. The van der Waals surface area contributed by atoms with E-state index in [0.29, 0.717) is 18.0 Å². The van der Waals surface area contributed by atoms with Gasteiger partial charge >= 0.3 is 0 Å². The molecule has 8 heteroatoms. The second kappa shape index (κ2) is 9.12. The quantitative estimate of drug-likeness (QED) is 0.733. The largest absolute Gasteiger partial charge is 0.493 e. The lowest BCUT2D eigenvalue weighted by atomic mass is 10.2. The summed E-state index contributed by atoms with van der Waals surface area (Å²) in [5.74, 6) is 2.33. The first-order valence-corrected chi connectivity index (χ1v) is 10.1. The van der Waals surface area contributed by atoms with E-state index in [-0.39, 0.29) is 11.2 Å². The van der Waals surface area contributed by atoms with Crippen LogP contribution >= 0.6 is 11.8 Å². The molecule has 1 atom stereocenters. The molecule has 1 N–H and O–H groups in total. The minimum Gasteiger partial charge on any atom is -0.493 e. The number of aromatic nitrogens is 3. The van der Waals surface area contributed by atoms with Crippen LogP contribution in [0.1, 0.15) is 37.6 Å². The van der Waals surface area contributed by atoms with Gasteiger partial charge in [0.1, 0.15) is 5.82 Å². The third-order valence-electron chi connectivity index (χ3n) is 4.64. The molecule has 1 aromatic heterocycles. The van der Waals surface area contributed by atoms with Crippen molar-refractivity contribution in [2.24, 2.45) is 0 Å². The first-order valence-electron chi connectivity index (χ1n) is 9.19. The first kappa shape index (κ1) is 19.5. The Bertz CT molecular complexity index is 793. The SMILES string of the molecule is COc1ccc(CNC(=O)C(C)Sc2nnc3n2CCCCC3)cc1OC. The number of amides is 1. The summed E-state index contributed by atoms with van der Waals surface area (Å²) in [7, 11) is 3.20. The highest BCUT2D eigenvalue weighted by Gasteiger charge is 2.21. The van der Waals surface area contributed by atoms with Crippen LogP contribution in [-0.4, -0.2) is 40.1 Å². The summed E-state index contributed by atoms with van der Waals surface area (Å²) in [5, 5.41) is 12.1. The molecule has 0 spiro atoms. The van der Waals surface area contributed by atoms with E-state index in [2.05, 4.69) is 20.1 Å². The van der Waals surface area contributed by atoms with E-state index < -0.39 is 0 Å². The number of aryl methyl sites for hydroxylation is 1. The Morgan fingerprint density at radius 3 is 2.81 bits per heavy atom. The van der Waals surface area contributed by atoms with Gasteiger partial charge in [0.15, 0.2) is 16.7 Å². The maximum atomic E-state index is 12.5. The molecule has 0 saturated heterocycles. The summed E-state index contributed by atoms with van der Waals surface area (Å²) >= 11 is 1.46. The van der Waals surface area contributed by atoms with Gasteiger partial charge in [-0.3, -0.25) is 4.79 Å². The van der Waals surface area contributed by atoms with Crippen molar-refractivity contribution in [3.8, 4) is 11.5 Å². The molecule has 1 aromatic carbocycles. The van der Waals surface area contributed by atoms with Crippen LogP contribution in [0.4, 0.5) is 0 Å². The molecule has 0 radical (unpaired) electrons. The number of thioether (sulfide) groups is 1. The molecule has 0 saturated carbocycles. The van der Waals surface area contributed by atoms with Crippen LogP contribution in [0.15, 0.2) is 23.4 Å². The summed E-state index contributed by atoms with van der Waals surface area (Å²) in [6.07, 6.45) is 4.48. The third-order valence-corrected chi connectivity index (χ3v) is 5.72. The Morgan fingerprint density at radius 1 is 1.22 bits per heavy atom. The topological polar surface area (TPSA) is 78.3 Å². The Morgan fingerprint density at radius 2 is 2.04 bits per heavy atom. The van der Waals surface area contributed by atoms with E-state index in [4.69, 9.17) is 9.47 Å². The molecule has 1 aliphatic rings. The molecule has 1 aliphatic heterocycles. The van der Waals surface area contributed by atoms with Crippen LogP contribution in [-0.2, 0) is 24.3 Å².